The molecule has 0 unspecified atom stereocenters. The van der Waals surface area contributed by atoms with Gasteiger partial charge in [0.15, 0.2) is 6.29 Å². The molecule has 0 radical (unpaired) electrons. The number of hydrogen-bond acceptors (Lipinski definition) is 3. The average molecular weight is 129 g/mol. The summed E-state index contributed by atoms with van der Waals surface area (Å²) in [5.74, 6) is 0.477. The topological polar surface area (TPSA) is 44.5 Å². The van der Waals surface area contributed by atoms with Gasteiger partial charge in [-0.1, -0.05) is 0 Å². The second kappa shape index (κ2) is 1.94. The van der Waals surface area contributed by atoms with Gasteiger partial charge in [-0.2, -0.15) is 0 Å². The van der Waals surface area contributed by atoms with Crippen LogP contribution in [0, 0.1) is 5.92 Å². The van der Waals surface area contributed by atoms with Crippen LogP contribution in [0.1, 0.15) is 6.42 Å². The second-order valence-electron chi connectivity index (χ2n) is 2.69. The van der Waals surface area contributed by atoms with Gasteiger partial charge in [0.2, 0.25) is 0 Å². The van der Waals surface area contributed by atoms with Crippen LogP contribution in [0.3, 0.4) is 0 Å². The van der Waals surface area contributed by atoms with Crippen molar-refractivity contribution in [2.75, 3.05) is 13.2 Å². The minimum Gasteiger partial charge on any atom is -0.352 e. The number of fused-ring (bicyclic) bond motifs is 1. The molecule has 0 saturated carbocycles. The lowest BCUT2D eigenvalue weighted by Crippen LogP contribution is -2.28. The summed E-state index contributed by atoms with van der Waals surface area (Å²) in [5.41, 5.74) is 5.71. The summed E-state index contributed by atoms with van der Waals surface area (Å²) >= 11 is 0. The molecule has 0 bridgehead atoms. The highest BCUT2D eigenvalue weighted by Crippen LogP contribution is 2.29. The quantitative estimate of drug-likeness (QED) is 0.488. The lowest BCUT2D eigenvalue weighted by atomic mass is 10.0. The van der Waals surface area contributed by atoms with Crippen LogP contribution in [-0.4, -0.2) is 25.5 Å². The van der Waals surface area contributed by atoms with E-state index in [-0.39, 0.29) is 12.3 Å². The molecule has 52 valence electrons. The first kappa shape index (κ1) is 5.65. The van der Waals surface area contributed by atoms with Crippen LogP contribution in [0.2, 0.25) is 0 Å². The first-order chi connectivity index (χ1) is 4.38. The van der Waals surface area contributed by atoms with Crippen LogP contribution in [0.15, 0.2) is 0 Å². The molecular weight excluding hydrogens is 118 g/mol. The smallest absolute Gasteiger partial charge is 0.162 e. The van der Waals surface area contributed by atoms with E-state index in [1.54, 1.807) is 0 Å². The zero-order valence-electron chi connectivity index (χ0n) is 5.25. The third-order valence-electron chi connectivity index (χ3n) is 2.09. The third-order valence-corrected chi connectivity index (χ3v) is 2.09. The van der Waals surface area contributed by atoms with E-state index < -0.39 is 0 Å². The largest absolute Gasteiger partial charge is 0.352 e. The minimum absolute atomic E-state index is 0.0278. The molecule has 0 spiro atoms. The predicted molar refractivity (Wildman–Crippen MR) is 31.8 cm³/mol. The van der Waals surface area contributed by atoms with Crippen molar-refractivity contribution in [2.45, 2.75) is 18.8 Å². The molecule has 2 N–H and O–H groups in total. The van der Waals surface area contributed by atoms with Crippen molar-refractivity contribution in [3.63, 3.8) is 0 Å². The average Bonchev–Trinajstić information content (AvgIpc) is 2.35. The molecule has 2 aliphatic rings. The third kappa shape index (κ3) is 0.764. The van der Waals surface area contributed by atoms with E-state index in [9.17, 15) is 0 Å². The first-order valence-electron chi connectivity index (χ1n) is 3.37. The molecule has 0 aliphatic carbocycles. The molecule has 9 heavy (non-hydrogen) atoms. The van der Waals surface area contributed by atoms with E-state index in [0.29, 0.717) is 12.5 Å². The van der Waals surface area contributed by atoms with E-state index in [4.69, 9.17) is 15.2 Å². The zero-order valence-corrected chi connectivity index (χ0v) is 5.25. The van der Waals surface area contributed by atoms with Gasteiger partial charge in [-0.25, -0.2) is 0 Å². The number of rotatable bonds is 0. The van der Waals surface area contributed by atoms with Gasteiger partial charge in [0.1, 0.15) is 0 Å². The highest BCUT2D eigenvalue weighted by atomic mass is 16.7. The number of nitrogens with two attached hydrogens (primary N) is 1. The summed E-state index contributed by atoms with van der Waals surface area (Å²) < 4.78 is 10.5. The Hall–Kier alpha value is -0.120. The maximum Gasteiger partial charge on any atom is 0.162 e. The molecule has 0 aromatic heterocycles. The molecule has 2 rings (SSSR count). The van der Waals surface area contributed by atoms with Gasteiger partial charge in [0, 0.05) is 12.0 Å². The van der Waals surface area contributed by atoms with E-state index in [1.165, 1.54) is 0 Å². The van der Waals surface area contributed by atoms with Crippen molar-refractivity contribution < 1.29 is 9.47 Å². The van der Waals surface area contributed by atoms with Crippen LogP contribution in [0.5, 0.6) is 0 Å². The molecule has 3 atom stereocenters. The molecule has 2 saturated heterocycles. The van der Waals surface area contributed by atoms with Crippen LogP contribution in [0.25, 0.3) is 0 Å². The van der Waals surface area contributed by atoms with Gasteiger partial charge < -0.3 is 15.2 Å². The van der Waals surface area contributed by atoms with E-state index in [0.717, 1.165) is 13.0 Å². The SMILES string of the molecule is N[C@H]1CO[C@@H]2OCC[C@H]21. The molecule has 2 fully saturated rings. The fourth-order valence-electron chi connectivity index (χ4n) is 1.50. The standard InChI is InChI=1S/C6H11NO2/c7-5-3-9-6-4(5)1-2-8-6/h4-6H,1-3,7H2/t4-,5-,6-/m0/s1. The summed E-state index contributed by atoms with van der Waals surface area (Å²) in [6.45, 7) is 1.50. The second-order valence-corrected chi connectivity index (χ2v) is 2.69. The molecule has 0 amide bonds. The lowest BCUT2D eigenvalue weighted by Gasteiger charge is -2.07. The normalized spacial score (nSPS) is 49.7. The first-order valence-corrected chi connectivity index (χ1v) is 3.37. The summed E-state index contributed by atoms with van der Waals surface area (Å²) in [4.78, 5) is 0. The fourth-order valence-corrected chi connectivity index (χ4v) is 1.50. The Morgan fingerprint density at radius 1 is 1.33 bits per heavy atom. The van der Waals surface area contributed by atoms with Gasteiger partial charge in [-0.15, -0.1) is 0 Å². The van der Waals surface area contributed by atoms with Crippen molar-refractivity contribution in [1.29, 1.82) is 0 Å². The Bertz CT molecular complexity index is 118. The van der Waals surface area contributed by atoms with Crippen LogP contribution in [0.4, 0.5) is 0 Å². The van der Waals surface area contributed by atoms with Crippen LogP contribution in [-0.2, 0) is 9.47 Å². The van der Waals surface area contributed by atoms with Crippen LogP contribution < -0.4 is 5.73 Å². The Morgan fingerprint density at radius 2 is 2.22 bits per heavy atom. The number of hydrogen-bond donors (Lipinski definition) is 1. The molecule has 3 nitrogen and oxygen atoms in total. The Labute approximate surface area is 54.1 Å². The molecule has 3 heteroatoms. The van der Waals surface area contributed by atoms with E-state index in [1.807, 2.05) is 0 Å². The Kier molecular flexibility index (Phi) is 1.22. The summed E-state index contributed by atoms with van der Waals surface area (Å²) in [6.07, 6.45) is 1.10. The minimum atomic E-state index is 0.0278. The molecule has 0 aromatic rings. The molecular formula is C6H11NO2. The maximum absolute atomic E-state index is 5.71. The lowest BCUT2D eigenvalue weighted by molar-refractivity contribution is -0.0905. The van der Waals surface area contributed by atoms with Gasteiger partial charge in [0.05, 0.1) is 13.2 Å². The van der Waals surface area contributed by atoms with Gasteiger partial charge in [-0.3, -0.25) is 0 Å². The molecule has 2 heterocycles. The summed E-state index contributed by atoms with van der Waals surface area (Å²) in [6, 6.07) is 0.220. The van der Waals surface area contributed by atoms with E-state index >= 15 is 0 Å². The van der Waals surface area contributed by atoms with Gasteiger partial charge in [0.25, 0.3) is 0 Å². The highest BCUT2D eigenvalue weighted by molar-refractivity contribution is 4.84. The van der Waals surface area contributed by atoms with Crippen molar-refractivity contribution in [3.05, 3.63) is 0 Å². The summed E-state index contributed by atoms with van der Waals surface area (Å²) in [7, 11) is 0. The molecule has 0 aromatic carbocycles. The Balaban J connectivity index is 2.07. The van der Waals surface area contributed by atoms with Crippen molar-refractivity contribution in [1.82, 2.24) is 0 Å². The monoisotopic (exact) mass is 129 g/mol. The fraction of sp³-hybridized carbons (Fsp3) is 1.00. The van der Waals surface area contributed by atoms with Crippen molar-refractivity contribution >= 4 is 0 Å². The number of ether oxygens (including phenoxy) is 2. The Morgan fingerprint density at radius 3 is 3.00 bits per heavy atom. The molecule has 2 aliphatic heterocycles. The zero-order chi connectivity index (χ0) is 6.27. The highest BCUT2D eigenvalue weighted by Gasteiger charge is 2.39. The van der Waals surface area contributed by atoms with Gasteiger partial charge >= 0.3 is 0 Å². The van der Waals surface area contributed by atoms with Crippen molar-refractivity contribution in [3.8, 4) is 0 Å². The summed E-state index contributed by atoms with van der Waals surface area (Å²) in [5, 5.41) is 0. The maximum atomic E-state index is 5.71. The van der Waals surface area contributed by atoms with Crippen LogP contribution >= 0.6 is 0 Å². The van der Waals surface area contributed by atoms with E-state index in [2.05, 4.69) is 0 Å². The van der Waals surface area contributed by atoms with Crippen molar-refractivity contribution in [2.24, 2.45) is 11.7 Å². The predicted octanol–water partition coefficient (Wildman–Crippen LogP) is -0.294. The van der Waals surface area contributed by atoms with Gasteiger partial charge in [-0.05, 0) is 6.42 Å².